The average Bonchev–Trinajstić information content (AvgIpc) is 3.14. The first-order chi connectivity index (χ1) is 12.1. The van der Waals surface area contributed by atoms with E-state index in [1.54, 1.807) is 4.52 Å². The predicted octanol–water partition coefficient (Wildman–Crippen LogP) is 4.17. The van der Waals surface area contributed by atoms with Gasteiger partial charge in [0.25, 0.3) is 0 Å². The van der Waals surface area contributed by atoms with Crippen molar-refractivity contribution in [3.8, 4) is 11.3 Å². The van der Waals surface area contributed by atoms with Gasteiger partial charge in [0, 0.05) is 16.6 Å². The molecule has 0 atom stereocenters. The molecular weight excluding hydrogens is 360 g/mol. The van der Waals surface area contributed by atoms with Crippen molar-refractivity contribution in [1.29, 1.82) is 0 Å². The zero-order valence-corrected chi connectivity index (χ0v) is 14.9. The Bertz CT molecular complexity index is 866. The van der Waals surface area contributed by atoms with Crippen LogP contribution < -0.4 is 5.32 Å². The molecule has 0 radical (unpaired) electrons. The Balaban J connectivity index is 1.45. The Labute approximate surface area is 153 Å². The van der Waals surface area contributed by atoms with Crippen molar-refractivity contribution in [2.24, 2.45) is 5.92 Å². The zero-order valence-electron chi connectivity index (χ0n) is 13.4. The molecule has 130 valence electrons. The van der Waals surface area contributed by atoms with E-state index in [2.05, 4.69) is 15.4 Å². The fourth-order valence-corrected chi connectivity index (χ4v) is 4.16. The van der Waals surface area contributed by atoms with Gasteiger partial charge >= 0.3 is 5.97 Å². The molecule has 0 amide bonds. The van der Waals surface area contributed by atoms with Crippen LogP contribution in [0.25, 0.3) is 16.2 Å². The molecule has 4 rings (SSSR count). The number of fused-ring (bicyclic) bond motifs is 1. The number of carboxylic acids is 1. The first-order valence-electron chi connectivity index (χ1n) is 8.20. The van der Waals surface area contributed by atoms with Gasteiger partial charge in [0.1, 0.15) is 0 Å². The van der Waals surface area contributed by atoms with Crippen LogP contribution in [0.4, 0.5) is 5.13 Å². The summed E-state index contributed by atoms with van der Waals surface area (Å²) in [6, 6.07) is 7.85. The summed E-state index contributed by atoms with van der Waals surface area (Å²) in [4.78, 5) is 16.5. The van der Waals surface area contributed by atoms with E-state index in [0.29, 0.717) is 5.02 Å². The van der Waals surface area contributed by atoms with Crippen LogP contribution in [0.3, 0.4) is 0 Å². The van der Waals surface area contributed by atoms with Crippen LogP contribution in [-0.4, -0.2) is 31.7 Å². The number of benzene rings is 1. The summed E-state index contributed by atoms with van der Waals surface area (Å²) >= 11 is 7.42. The van der Waals surface area contributed by atoms with Crippen LogP contribution in [0, 0.1) is 5.92 Å². The van der Waals surface area contributed by atoms with E-state index in [-0.39, 0.29) is 12.0 Å². The molecule has 2 N–H and O–H groups in total. The number of anilines is 1. The van der Waals surface area contributed by atoms with Gasteiger partial charge in [-0.1, -0.05) is 35.1 Å². The van der Waals surface area contributed by atoms with Gasteiger partial charge in [-0.3, -0.25) is 4.79 Å². The lowest BCUT2D eigenvalue weighted by Crippen LogP contribution is -2.29. The largest absolute Gasteiger partial charge is 0.481 e. The number of carboxylic acid groups (broad SMARTS) is 1. The van der Waals surface area contributed by atoms with Gasteiger partial charge < -0.3 is 10.4 Å². The molecule has 0 bridgehead atoms. The summed E-state index contributed by atoms with van der Waals surface area (Å²) in [5.41, 5.74) is 1.87. The zero-order chi connectivity index (χ0) is 17.4. The van der Waals surface area contributed by atoms with Crippen molar-refractivity contribution in [2.75, 3.05) is 5.32 Å². The fourth-order valence-electron chi connectivity index (χ4n) is 3.18. The standard InChI is InChI=1S/C17H17ClN4O2S/c18-12-5-1-10(2-6-12)14-9-22-17(20-14)25-16(21-22)19-13-7-3-11(4-8-13)15(23)24/h1-2,5-6,9,11,13H,3-4,7-8H2,(H,19,21)(H,23,24). The highest BCUT2D eigenvalue weighted by molar-refractivity contribution is 7.20. The lowest BCUT2D eigenvalue weighted by molar-refractivity contribution is -0.142. The number of aromatic nitrogens is 3. The Hall–Kier alpha value is -2.12. The molecule has 6 nitrogen and oxygen atoms in total. The van der Waals surface area contributed by atoms with E-state index in [0.717, 1.165) is 47.0 Å². The second kappa shape index (κ2) is 6.65. The van der Waals surface area contributed by atoms with E-state index < -0.39 is 5.97 Å². The Morgan fingerprint density at radius 1 is 1.24 bits per heavy atom. The van der Waals surface area contributed by atoms with E-state index in [1.165, 1.54) is 11.3 Å². The summed E-state index contributed by atoms with van der Waals surface area (Å²) in [6.07, 6.45) is 5.05. The van der Waals surface area contributed by atoms with Gasteiger partial charge in [-0.2, -0.15) is 0 Å². The number of halogens is 1. The molecule has 0 aliphatic heterocycles. The number of carbonyl (C=O) groups is 1. The quantitative estimate of drug-likeness (QED) is 0.714. The number of hydrogen-bond donors (Lipinski definition) is 2. The topological polar surface area (TPSA) is 79.5 Å². The molecular formula is C17H17ClN4O2S. The molecule has 2 aromatic heterocycles. The van der Waals surface area contributed by atoms with Gasteiger partial charge in [-0.15, -0.1) is 5.10 Å². The summed E-state index contributed by atoms with van der Waals surface area (Å²) in [5.74, 6) is -0.880. The molecule has 1 fully saturated rings. The highest BCUT2D eigenvalue weighted by atomic mass is 35.5. The second-order valence-electron chi connectivity index (χ2n) is 6.30. The molecule has 8 heteroatoms. The average molecular weight is 377 g/mol. The first kappa shape index (κ1) is 16.4. The van der Waals surface area contributed by atoms with Gasteiger partial charge in [0.15, 0.2) is 0 Å². The van der Waals surface area contributed by atoms with Crippen molar-refractivity contribution in [3.63, 3.8) is 0 Å². The van der Waals surface area contributed by atoms with Gasteiger partial charge in [0.2, 0.25) is 10.1 Å². The predicted molar refractivity (Wildman–Crippen MR) is 98.3 cm³/mol. The lowest BCUT2D eigenvalue weighted by atomic mass is 9.86. The summed E-state index contributed by atoms with van der Waals surface area (Å²) in [7, 11) is 0. The highest BCUT2D eigenvalue weighted by Gasteiger charge is 2.26. The molecule has 0 spiro atoms. The number of hydrogen-bond acceptors (Lipinski definition) is 5. The van der Waals surface area contributed by atoms with Crippen LogP contribution in [0.1, 0.15) is 25.7 Å². The lowest BCUT2D eigenvalue weighted by Gasteiger charge is -2.26. The molecule has 25 heavy (non-hydrogen) atoms. The minimum absolute atomic E-state index is 0.200. The molecule has 0 saturated heterocycles. The van der Waals surface area contributed by atoms with Crippen molar-refractivity contribution in [2.45, 2.75) is 31.7 Å². The third-order valence-corrected chi connectivity index (χ3v) is 5.69. The van der Waals surface area contributed by atoms with Crippen LogP contribution in [-0.2, 0) is 4.79 Å². The second-order valence-corrected chi connectivity index (χ2v) is 7.69. The summed E-state index contributed by atoms with van der Waals surface area (Å²) < 4.78 is 1.78. The van der Waals surface area contributed by atoms with E-state index in [4.69, 9.17) is 16.7 Å². The monoisotopic (exact) mass is 376 g/mol. The molecule has 1 aliphatic rings. The maximum atomic E-state index is 11.0. The Morgan fingerprint density at radius 3 is 2.60 bits per heavy atom. The summed E-state index contributed by atoms with van der Waals surface area (Å²) in [6.45, 7) is 0. The van der Waals surface area contributed by atoms with E-state index >= 15 is 0 Å². The minimum atomic E-state index is -0.680. The van der Waals surface area contributed by atoms with Crippen molar-refractivity contribution in [3.05, 3.63) is 35.5 Å². The molecule has 0 unspecified atom stereocenters. The molecule has 1 aromatic carbocycles. The van der Waals surface area contributed by atoms with E-state index in [9.17, 15) is 4.79 Å². The maximum absolute atomic E-state index is 11.0. The molecule has 1 aliphatic carbocycles. The fraction of sp³-hybridized carbons (Fsp3) is 0.353. The first-order valence-corrected chi connectivity index (χ1v) is 9.39. The van der Waals surface area contributed by atoms with Crippen molar-refractivity contribution in [1.82, 2.24) is 14.6 Å². The number of imidazole rings is 1. The third-order valence-electron chi connectivity index (χ3n) is 4.59. The number of nitrogens with one attached hydrogen (secondary N) is 1. The molecule has 3 aromatic rings. The van der Waals surface area contributed by atoms with Crippen molar-refractivity contribution >= 4 is 39.0 Å². The third kappa shape index (κ3) is 3.48. The van der Waals surface area contributed by atoms with E-state index in [1.807, 2.05) is 30.5 Å². The van der Waals surface area contributed by atoms with Crippen LogP contribution in [0.2, 0.25) is 5.02 Å². The number of rotatable bonds is 4. The van der Waals surface area contributed by atoms with Crippen LogP contribution in [0.5, 0.6) is 0 Å². The van der Waals surface area contributed by atoms with Gasteiger partial charge in [-0.05, 0) is 37.8 Å². The minimum Gasteiger partial charge on any atom is -0.481 e. The van der Waals surface area contributed by atoms with Crippen molar-refractivity contribution < 1.29 is 9.90 Å². The normalized spacial score (nSPS) is 20.7. The number of aliphatic carboxylic acids is 1. The highest BCUT2D eigenvalue weighted by Crippen LogP contribution is 2.29. The van der Waals surface area contributed by atoms with Crippen LogP contribution in [0.15, 0.2) is 30.5 Å². The summed E-state index contributed by atoms with van der Waals surface area (Å²) in [5, 5.41) is 18.6. The SMILES string of the molecule is O=C(O)C1CCC(Nc2nn3cc(-c4ccc(Cl)cc4)nc3s2)CC1. The Kier molecular flexibility index (Phi) is 4.35. The molecule has 1 saturated carbocycles. The number of nitrogens with zero attached hydrogens (tertiary/aromatic N) is 3. The smallest absolute Gasteiger partial charge is 0.306 e. The van der Waals surface area contributed by atoms with Gasteiger partial charge in [-0.25, -0.2) is 9.50 Å². The Morgan fingerprint density at radius 2 is 1.96 bits per heavy atom. The maximum Gasteiger partial charge on any atom is 0.306 e. The van der Waals surface area contributed by atoms with Gasteiger partial charge in [0.05, 0.1) is 17.8 Å². The molecule has 2 heterocycles. The van der Waals surface area contributed by atoms with Crippen LogP contribution >= 0.6 is 22.9 Å².